The van der Waals surface area contributed by atoms with Crippen molar-refractivity contribution in [1.29, 1.82) is 0 Å². The molecule has 7 heteroatoms. The minimum atomic E-state index is -0.553. The summed E-state index contributed by atoms with van der Waals surface area (Å²) in [6.07, 6.45) is 4.57. The molecule has 2 fully saturated rings. The average Bonchev–Trinajstić information content (AvgIpc) is 2.82. The molecule has 142 valence electrons. The summed E-state index contributed by atoms with van der Waals surface area (Å²) >= 11 is 0. The maximum absolute atomic E-state index is 12.2. The Kier molecular flexibility index (Phi) is 4.17. The SMILES string of the molecule is CC[C@]12CC[C@H]1C(=O)N[C@@H]2COc1nccc2cc(C(N)=O)c(OC)cc12. The Hall–Kier alpha value is -2.83. The van der Waals surface area contributed by atoms with Gasteiger partial charge in [0, 0.05) is 22.9 Å². The minimum absolute atomic E-state index is 0.00149. The lowest BCUT2D eigenvalue weighted by Gasteiger charge is -2.45. The summed E-state index contributed by atoms with van der Waals surface area (Å²) in [5.74, 6) is 0.518. The first-order valence-corrected chi connectivity index (χ1v) is 9.20. The van der Waals surface area contributed by atoms with Gasteiger partial charge >= 0.3 is 0 Å². The second-order valence-corrected chi connectivity index (χ2v) is 7.30. The van der Waals surface area contributed by atoms with Crippen LogP contribution < -0.4 is 20.5 Å². The molecule has 7 nitrogen and oxygen atoms in total. The molecule has 2 amide bonds. The highest BCUT2D eigenvalue weighted by Gasteiger charge is 2.59. The second kappa shape index (κ2) is 6.40. The van der Waals surface area contributed by atoms with Gasteiger partial charge in [0.15, 0.2) is 0 Å². The van der Waals surface area contributed by atoms with E-state index in [1.165, 1.54) is 7.11 Å². The number of nitrogens with zero attached hydrogens (tertiary/aromatic N) is 1. The Morgan fingerprint density at radius 1 is 1.44 bits per heavy atom. The number of ether oxygens (including phenoxy) is 2. The van der Waals surface area contributed by atoms with Crippen molar-refractivity contribution in [3.63, 3.8) is 0 Å². The first kappa shape index (κ1) is 17.6. The smallest absolute Gasteiger partial charge is 0.252 e. The van der Waals surface area contributed by atoms with Crippen molar-refractivity contribution in [3.8, 4) is 11.6 Å². The number of methoxy groups -OCH3 is 1. The van der Waals surface area contributed by atoms with Crippen LogP contribution in [-0.4, -0.2) is 36.6 Å². The van der Waals surface area contributed by atoms with Crippen molar-refractivity contribution >= 4 is 22.6 Å². The van der Waals surface area contributed by atoms with Gasteiger partial charge in [0.1, 0.15) is 12.4 Å². The van der Waals surface area contributed by atoms with Gasteiger partial charge in [-0.25, -0.2) is 4.98 Å². The molecule has 3 atom stereocenters. The topological polar surface area (TPSA) is 104 Å². The second-order valence-electron chi connectivity index (χ2n) is 7.30. The number of pyridine rings is 1. The van der Waals surface area contributed by atoms with Crippen LogP contribution in [0.3, 0.4) is 0 Å². The first-order chi connectivity index (χ1) is 13.0. The molecule has 27 heavy (non-hydrogen) atoms. The van der Waals surface area contributed by atoms with Gasteiger partial charge in [-0.1, -0.05) is 6.92 Å². The van der Waals surface area contributed by atoms with E-state index in [1.54, 1.807) is 24.4 Å². The van der Waals surface area contributed by atoms with Crippen LogP contribution in [0.2, 0.25) is 0 Å². The predicted molar refractivity (Wildman–Crippen MR) is 99.7 cm³/mol. The standard InChI is InChI=1S/C20H23N3O4/c1-3-20-6-4-14(20)18(25)23-16(20)10-27-19-12-9-15(26-2)13(17(21)24)8-11(12)5-7-22-19/h5,7-9,14,16H,3-4,6,10H2,1-2H3,(H2,21,24)(H,23,25)/t14-,16+,20-/m0/s1. The summed E-state index contributed by atoms with van der Waals surface area (Å²) in [7, 11) is 1.49. The average molecular weight is 369 g/mol. The fraction of sp³-hybridized carbons (Fsp3) is 0.450. The van der Waals surface area contributed by atoms with E-state index in [1.807, 2.05) is 0 Å². The van der Waals surface area contributed by atoms with Crippen molar-refractivity contribution in [3.05, 3.63) is 30.0 Å². The highest BCUT2D eigenvalue weighted by atomic mass is 16.5. The summed E-state index contributed by atoms with van der Waals surface area (Å²) < 4.78 is 11.3. The van der Waals surface area contributed by atoms with Gasteiger partial charge in [-0.05, 0) is 42.8 Å². The van der Waals surface area contributed by atoms with Crippen LogP contribution in [-0.2, 0) is 4.79 Å². The van der Waals surface area contributed by atoms with Crippen molar-refractivity contribution < 1.29 is 19.1 Å². The quantitative estimate of drug-likeness (QED) is 0.811. The zero-order chi connectivity index (χ0) is 19.2. The molecule has 1 saturated carbocycles. The monoisotopic (exact) mass is 369 g/mol. The number of amides is 2. The van der Waals surface area contributed by atoms with Crippen LogP contribution in [0.15, 0.2) is 24.4 Å². The third-order valence-corrected chi connectivity index (χ3v) is 6.28. The molecule has 0 unspecified atom stereocenters. The molecule has 2 aliphatic rings. The van der Waals surface area contributed by atoms with E-state index in [-0.39, 0.29) is 23.3 Å². The highest BCUT2D eigenvalue weighted by molar-refractivity contribution is 6.01. The van der Waals surface area contributed by atoms with E-state index in [9.17, 15) is 9.59 Å². The van der Waals surface area contributed by atoms with Crippen LogP contribution in [0, 0.1) is 11.3 Å². The number of primary amides is 1. The zero-order valence-electron chi connectivity index (χ0n) is 15.5. The molecule has 1 saturated heterocycles. The highest BCUT2D eigenvalue weighted by Crippen LogP contribution is 2.55. The molecule has 2 aromatic rings. The van der Waals surface area contributed by atoms with Crippen LogP contribution in [0.5, 0.6) is 11.6 Å². The van der Waals surface area contributed by atoms with Crippen molar-refractivity contribution in [1.82, 2.24) is 10.3 Å². The largest absolute Gasteiger partial charge is 0.496 e. The molecule has 0 spiro atoms. The summed E-state index contributed by atoms with van der Waals surface area (Å²) in [5, 5.41) is 4.62. The predicted octanol–water partition coefficient (Wildman–Crippen LogP) is 2.03. The van der Waals surface area contributed by atoms with E-state index in [4.69, 9.17) is 15.2 Å². The Bertz CT molecular complexity index is 925. The summed E-state index contributed by atoms with van der Waals surface area (Å²) in [4.78, 5) is 28.2. The Morgan fingerprint density at radius 2 is 2.26 bits per heavy atom. The van der Waals surface area contributed by atoms with E-state index in [2.05, 4.69) is 17.2 Å². The van der Waals surface area contributed by atoms with Gasteiger partial charge in [-0.15, -0.1) is 0 Å². The van der Waals surface area contributed by atoms with Gasteiger partial charge in [-0.2, -0.15) is 0 Å². The van der Waals surface area contributed by atoms with E-state index < -0.39 is 5.91 Å². The number of carbonyl (C=O) groups excluding carboxylic acids is 2. The van der Waals surface area contributed by atoms with Gasteiger partial charge < -0.3 is 20.5 Å². The number of hydrogen-bond donors (Lipinski definition) is 2. The summed E-state index contributed by atoms with van der Waals surface area (Å²) in [5.41, 5.74) is 5.74. The van der Waals surface area contributed by atoms with Gasteiger partial charge in [0.2, 0.25) is 11.8 Å². The number of carbonyl (C=O) groups is 2. The summed E-state index contributed by atoms with van der Waals surface area (Å²) in [6.45, 7) is 2.49. The minimum Gasteiger partial charge on any atom is -0.496 e. The Labute approximate surface area is 157 Å². The molecule has 1 aliphatic carbocycles. The number of aromatic nitrogens is 1. The molecule has 3 N–H and O–H groups in total. The van der Waals surface area contributed by atoms with Gasteiger partial charge in [0.05, 0.1) is 18.7 Å². The molecule has 1 aromatic heterocycles. The molecular formula is C20H23N3O4. The molecule has 1 aromatic carbocycles. The van der Waals surface area contributed by atoms with Crippen molar-refractivity contribution in [2.75, 3.05) is 13.7 Å². The van der Waals surface area contributed by atoms with Crippen LogP contribution >= 0.6 is 0 Å². The normalized spacial score (nSPS) is 26.2. The Balaban J connectivity index is 1.63. The molecule has 0 bridgehead atoms. The van der Waals surface area contributed by atoms with E-state index in [0.717, 1.165) is 30.0 Å². The third kappa shape index (κ3) is 2.60. The van der Waals surface area contributed by atoms with Crippen LogP contribution in [0.25, 0.3) is 10.8 Å². The number of fused-ring (bicyclic) bond motifs is 2. The maximum atomic E-state index is 12.2. The van der Waals surface area contributed by atoms with E-state index in [0.29, 0.717) is 23.8 Å². The van der Waals surface area contributed by atoms with E-state index >= 15 is 0 Å². The molecule has 2 heterocycles. The van der Waals surface area contributed by atoms with Gasteiger partial charge in [0.25, 0.3) is 5.91 Å². The summed E-state index contributed by atoms with van der Waals surface area (Å²) in [6, 6.07) is 5.17. The lowest BCUT2D eigenvalue weighted by atomic mass is 9.57. The molecule has 0 radical (unpaired) electrons. The Morgan fingerprint density at radius 3 is 2.89 bits per heavy atom. The van der Waals surface area contributed by atoms with Gasteiger partial charge in [-0.3, -0.25) is 9.59 Å². The number of hydrogen-bond acceptors (Lipinski definition) is 5. The third-order valence-electron chi connectivity index (χ3n) is 6.28. The molecule has 1 aliphatic heterocycles. The fourth-order valence-electron chi connectivity index (χ4n) is 4.58. The van der Waals surface area contributed by atoms with Crippen LogP contribution in [0.4, 0.5) is 0 Å². The number of nitrogens with two attached hydrogens (primary N) is 1. The first-order valence-electron chi connectivity index (χ1n) is 9.20. The van der Waals surface area contributed by atoms with Crippen molar-refractivity contribution in [2.45, 2.75) is 32.2 Å². The molecule has 4 rings (SSSR count). The number of benzene rings is 1. The zero-order valence-corrected chi connectivity index (χ0v) is 15.5. The number of rotatable bonds is 6. The lowest BCUT2D eigenvalue weighted by Crippen LogP contribution is -2.48. The number of nitrogens with one attached hydrogen (secondary N) is 1. The van der Waals surface area contributed by atoms with Crippen molar-refractivity contribution in [2.24, 2.45) is 17.1 Å². The maximum Gasteiger partial charge on any atom is 0.252 e. The molecular weight excluding hydrogens is 346 g/mol. The van der Waals surface area contributed by atoms with Crippen LogP contribution in [0.1, 0.15) is 36.5 Å². The lowest BCUT2D eigenvalue weighted by molar-refractivity contribution is -0.127. The fourth-order valence-corrected chi connectivity index (χ4v) is 4.58.